The van der Waals surface area contributed by atoms with Gasteiger partial charge in [-0.2, -0.15) is 0 Å². The molecular formula is C17H18N4O4S. The van der Waals surface area contributed by atoms with Gasteiger partial charge in [0.2, 0.25) is 11.0 Å². The number of hydrogen-bond acceptors (Lipinski definition) is 7. The summed E-state index contributed by atoms with van der Waals surface area (Å²) in [6, 6.07) is 4.36. The van der Waals surface area contributed by atoms with Gasteiger partial charge in [-0.1, -0.05) is 29.9 Å². The molecule has 8 nitrogen and oxygen atoms in total. The van der Waals surface area contributed by atoms with Crippen molar-refractivity contribution in [1.29, 1.82) is 0 Å². The highest BCUT2D eigenvalue weighted by molar-refractivity contribution is 7.15. The van der Waals surface area contributed by atoms with Crippen molar-refractivity contribution in [3.05, 3.63) is 34.3 Å². The van der Waals surface area contributed by atoms with Gasteiger partial charge in [0, 0.05) is 7.11 Å². The number of ketones is 1. The van der Waals surface area contributed by atoms with E-state index in [1.807, 2.05) is 13.0 Å². The van der Waals surface area contributed by atoms with Crippen LogP contribution < -0.4 is 10.2 Å². The Bertz CT molecular complexity index is 879. The number of ether oxygens (including phenoxy) is 1. The lowest BCUT2D eigenvalue weighted by Crippen LogP contribution is -2.46. The van der Waals surface area contributed by atoms with Gasteiger partial charge in [0.1, 0.15) is 17.7 Å². The largest absolute Gasteiger partial charge is 0.377 e. The van der Waals surface area contributed by atoms with Crippen molar-refractivity contribution in [1.82, 2.24) is 10.2 Å². The average molecular weight is 374 g/mol. The van der Waals surface area contributed by atoms with Gasteiger partial charge < -0.3 is 4.74 Å². The summed E-state index contributed by atoms with van der Waals surface area (Å²) in [4.78, 5) is 38.7. The molecule has 0 bridgehead atoms. The molecule has 1 atom stereocenters. The molecule has 2 amide bonds. The number of benzene rings is 1. The first kappa shape index (κ1) is 18.2. The van der Waals surface area contributed by atoms with E-state index in [0.29, 0.717) is 34.4 Å². The number of nitrogens with zero attached hydrogens (tertiary/aromatic N) is 3. The lowest BCUT2D eigenvalue weighted by molar-refractivity contribution is -0.121. The molecule has 0 radical (unpaired) electrons. The first-order valence-electron chi connectivity index (χ1n) is 8.07. The number of nitrogens with one attached hydrogen (secondary N) is 1. The Morgan fingerprint density at radius 2 is 2.12 bits per heavy atom. The van der Waals surface area contributed by atoms with Crippen molar-refractivity contribution >= 4 is 39.8 Å². The number of carbonyl (C=O) groups is 3. The summed E-state index contributed by atoms with van der Waals surface area (Å²) in [5.74, 6) is -1.69. The molecule has 26 heavy (non-hydrogen) atoms. The van der Waals surface area contributed by atoms with Crippen LogP contribution in [0.1, 0.15) is 34.3 Å². The molecule has 1 aromatic heterocycles. The smallest absolute Gasteiger partial charge is 0.300 e. The molecule has 2 heterocycles. The predicted molar refractivity (Wildman–Crippen MR) is 96.3 cm³/mol. The van der Waals surface area contributed by atoms with Crippen molar-refractivity contribution in [3.8, 4) is 0 Å². The summed E-state index contributed by atoms with van der Waals surface area (Å²) in [5.41, 5.74) is 1.67. The lowest BCUT2D eigenvalue weighted by atomic mass is 10.1. The molecule has 136 valence electrons. The summed E-state index contributed by atoms with van der Waals surface area (Å²) in [5, 5.41) is 11.4. The third-order valence-electron chi connectivity index (χ3n) is 4.04. The Kier molecular flexibility index (Phi) is 5.10. The quantitative estimate of drug-likeness (QED) is 0.776. The summed E-state index contributed by atoms with van der Waals surface area (Å²) >= 11 is 1.20. The SMILES string of the molecule is CCC(C(=O)Nc1nnc(COC)s1)N1C(=O)C(=O)c2cc(C)ccc21. The van der Waals surface area contributed by atoms with Crippen LogP contribution in [0.4, 0.5) is 10.8 Å². The number of hydrogen-bond donors (Lipinski definition) is 1. The van der Waals surface area contributed by atoms with Gasteiger partial charge in [-0.05, 0) is 25.5 Å². The topological polar surface area (TPSA) is 101 Å². The molecule has 3 rings (SSSR count). The van der Waals surface area contributed by atoms with E-state index in [-0.39, 0.29) is 0 Å². The second-order valence-corrected chi connectivity index (χ2v) is 6.93. The minimum absolute atomic E-state index is 0.302. The molecule has 2 aromatic rings. The third-order valence-corrected chi connectivity index (χ3v) is 4.85. The molecule has 0 saturated heterocycles. The number of carbonyl (C=O) groups excluding carboxylic acids is 3. The van der Waals surface area contributed by atoms with E-state index >= 15 is 0 Å². The monoisotopic (exact) mass is 374 g/mol. The fourth-order valence-corrected chi connectivity index (χ4v) is 3.56. The molecule has 1 aliphatic heterocycles. The fraction of sp³-hybridized carbons (Fsp3) is 0.353. The molecule has 9 heteroatoms. The van der Waals surface area contributed by atoms with Gasteiger partial charge in [0.15, 0.2) is 0 Å². The van der Waals surface area contributed by atoms with Crippen LogP contribution in [-0.2, 0) is 20.9 Å². The Balaban J connectivity index is 1.85. The molecule has 1 aromatic carbocycles. The Labute approximate surface area is 154 Å². The highest BCUT2D eigenvalue weighted by Crippen LogP contribution is 2.32. The lowest BCUT2D eigenvalue weighted by Gasteiger charge is -2.25. The number of Topliss-reactive ketones (excluding diaryl/α,β-unsaturated/α-hetero) is 1. The summed E-state index contributed by atoms with van der Waals surface area (Å²) in [7, 11) is 1.54. The minimum Gasteiger partial charge on any atom is -0.377 e. The van der Waals surface area contributed by atoms with E-state index in [4.69, 9.17) is 4.74 Å². The first-order chi connectivity index (χ1) is 12.5. The Morgan fingerprint density at radius 3 is 2.81 bits per heavy atom. The van der Waals surface area contributed by atoms with Gasteiger partial charge >= 0.3 is 0 Å². The van der Waals surface area contributed by atoms with Crippen LogP contribution in [0.25, 0.3) is 0 Å². The van der Waals surface area contributed by atoms with Crippen molar-refractivity contribution in [2.45, 2.75) is 32.9 Å². The Morgan fingerprint density at radius 1 is 1.35 bits per heavy atom. The van der Waals surface area contributed by atoms with Crippen LogP contribution in [0.3, 0.4) is 0 Å². The molecule has 0 aliphatic carbocycles. The van der Waals surface area contributed by atoms with Gasteiger partial charge in [-0.25, -0.2) is 0 Å². The number of anilines is 2. The maximum Gasteiger partial charge on any atom is 0.300 e. The van der Waals surface area contributed by atoms with Gasteiger partial charge in [-0.3, -0.25) is 24.6 Å². The highest BCUT2D eigenvalue weighted by Gasteiger charge is 2.41. The van der Waals surface area contributed by atoms with Crippen LogP contribution in [-0.4, -0.2) is 40.9 Å². The van der Waals surface area contributed by atoms with Crippen LogP contribution in [0.5, 0.6) is 0 Å². The van der Waals surface area contributed by atoms with Crippen molar-refractivity contribution in [2.75, 3.05) is 17.3 Å². The number of aryl methyl sites for hydroxylation is 1. The van der Waals surface area contributed by atoms with E-state index < -0.39 is 23.6 Å². The minimum atomic E-state index is -0.815. The average Bonchev–Trinajstić information content (AvgIpc) is 3.14. The predicted octanol–water partition coefficient (Wildman–Crippen LogP) is 1.94. The molecule has 1 aliphatic rings. The molecule has 0 spiro atoms. The van der Waals surface area contributed by atoms with E-state index in [1.165, 1.54) is 16.2 Å². The van der Waals surface area contributed by atoms with Gasteiger partial charge in [0.05, 0.1) is 11.3 Å². The number of rotatable bonds is 6. The summed E-state index contributed by atoms with van der Waals surface area (Å²) in [6.07, 6.45) is 0.349. The second kappa shape index (κ2) is 7.30. The van der Waals surface area contributed by atoms with Crippen LogP contribution >= 0.6 is 11.3 Å². The number of amides is 2. The van der Waals surface area contributed by atoms with Crippen molar-refractivity contribution in [2.24, 2.45) is 0 Å². The van der Waals surface area contributed by atoms with E-state index in [1.54, 1.807) is 26.2 Å². The molecule has 1 unspecified atom stereocenters. The summed E-state index contributed by atoms with van der Waals surface area (Å²) in [6.45, 7) is 3.93. The van der Waals surface area contributed by atoms with Crippen molar-refractivity contribution < 1.29 is 19.1 Å². The zero-order valence-corrected chi connectivity index (χ0v) is 15.4. The molecule has 0 saturated carbocycles. The van der Waals surface area contributed by atoms with Crippen LogP contribution in [0.2, 0.25) is 0 Å². The molecule has 0 fully saturated rings. The standard InChI is InChI=1S/C17H18N4O4S/c1-4-11(15(23)18-17-20-19-13(26-17)8-25-3)21-12-6-5-9(2)7-10(12)14(22)16(21)24/h5-7,11H,4,8H2,1-3H3,(H,18,20,23). The van der Waals surface area contributed by atoms with Crippen molar-refractivity contribution in [3.63, 3.8) is 0 Å². The normalized spacial score (nSPS) is 14.5. The summed E-state index contributed by atoms with van der Waals surface area (Å²) < 4.78 is 4.98. The number of fused-ring (bicyclic) bond motifs is 1. The van der Waals surface area contributed by atoms with Crippen LogP contribution in [0, 0.1) is 6.92 Å². The third kappa shape index (κ3) is 3.23. The number of aromatic nitrogens is 2. The fourth-order valence-electron chi connectivity index (χ4n) is 2.85. The van der Waals surface area contributed by atoms with Crippen LogP contribution in [0.15, 0.2) is 18.2 Å². The zero-order valence-electron chi connectivity index (χ0n) is 14.6. The maximum atomic E-state index is 12.7. The van der Waals surface area contributed by atoms with E-state index in [2.05, 4.69) is 15.5 Å². The van der Waals surface area contributed by atoms with Gasteiger partial charge in [0.25, 0.3) is 11.7 Å². The van der Waals surface area contributed by atoms with E-state index in [0.717, 1.165) is 5.56 Å². The number of methoxy groups -OCH3 is 1. The molecule has 1 N–H and O–H groups in total. The molecular weight excluding hydrogens is 356 g/mol. The van der Waals surface area contributed by atoms with Gasteiger partial charge in [-0.15, -0.1) is 10.2 Å². The highest BCUT2D eigenvalue weighted by atomic mass is 32.1. The Hall–Kier alpha value is -2.65. The maximum absolute atomic E-state index is 12.7. The first-order valence-corrected chi connectivity index (χ1v) is 8.88. The zero-order chi connectivity index (χ0) is 18.8. The second-order valence-electron chi connectivity index (χ2n) is 5.87. The van der Waals surface area contributed by atoms with E-state index in [9.17, 15) is 14.4 Å².